The molecule has 0 radical (unpaired) electrons. The monoisotopic (exact) mass is 430 g/mol. The van der Waals surface area contributed by atoms with Crippen LogP contribution in [0.3, 0.4) is 0 Å². The molecule has 2 bridgehead atoms. The molecule has 2 atom stereocenters. The van der Waals surface area contributed by atoms with E-state index >= 15 is 0 Å². The van der Waals surface area contributed by atoms with E-state index in [1.165, 1.54) is 17.7 Å². The number of hydrogen-bond acceptors (Lipinski definition) is 3. The number of piperidine rings is 1. The number of carbonyl (C=O) groups excluding carboxylic acids is 1. The predicted octanol–water partition coefficient (Wildman–Crippen LogP) is 4.06. The first kappa shape index (κ1) is 20.5. The van der Waals surface area contributed by atoms with Crippen molar-refractivity contribution in [1.82, 2.24) is 9.80 Å². The smallest absolute Gasteiger partial charge is 0.395 e. The molecule has 2 aromatic rings. The number of likely N-dealkylation sites (tertiary alicyclic amines) is 2. The molecule has 2 fully saturated rings. The molecule has 164 valence electrons. The topological polar surface area (TPSA) is 43.8 Å². The number of carbonyl (C=O) groups is 1. The van der Waals surface area contributed by atoms with Crippen molar-refractivity contribution in [3.8, 4) is 11.1 Å². The van der Waals surface area contributed by atoms with E-state index in [-0.39, 0.29) is 24.5 Å². The second-order valence-corrected chi connectivity index (χ2v) is 8.87. The third kappa shape index (κ3) is 3.64. The van der Waals surface area contributed by atoms with Crippen LogP contribution in [0.4, 0.5) is 13.2 Å². The summed E-state index contributed by atoms with van der Waals surface area (Å²) in [6.45, 7) is 2.85. The van der Waals surface area contributed by atoms with Crippen LogP contribution in [0.15, 0.2) is 42.5 Å². The Labute approximate surface area is 179 Å². The molecule has 0 saturated carbocycles. The molecule has 5 rings (SSSR count). The number of fused-ring (bicyclic) bond motifs is 5. The van der Waals surface area contributed by atoms with Crippen LogP contribution in [-0.4, -0.2) is 53.6 Å². The number of alkyl halides is 3. The maximum Gasteiger partial charge on any atom is 0.416 e. The zero-order valence-electron chi connectivity index (χ0n) is 17.1. The molecule has 2 aliphatic heterocycles. The quantitative estimate of drug-likeness (QED) is 0.796. The van der Waals surface area contributed by atoms with Gasteiger partial charge < -0.3 is 10.0 Å². The lowest BCUT2D eigenvalue weighted by Crippen LogP contribution is -2.56. The maximum atomic E-state index is 13.1. The van der Waals surface area contributed by atoms with Crippen LogP contribution in [0, 0.1) is 5.92 Å². The van der Waals surface area contributed by atoms with Gasteiger partial charge >= 0.3 is 6.18 Å². The zero-order valence-corrected chi connectivity index (χ0v) is 17.1. The van der Waals surface area contributed by atoms with Gasteiger partial charge in [-0.15, -0.1) is 0 Å². The number of aliphatic hydroxyl groups excluding tert-OH is 1. The summed E-state index contributed by atoms with van der Waals surface area (Å²) in [5.74, 6) is 0.619. The van der Waals surface area contributed by atoms with Crippen molar-refractivity contribution >= 4 is 5.91 Å². The summed E-state index contributed by atoms with van der Waals surface area (Å²) < 4.78 is 38.6. The fraction of sp³-hybridized carbons (Fsp3) is 0.458. The molecule has 2 aromatic carbocycles. The number of aliphatic hydroxyl groups is 1. The summed E-state index contributed by atoms with van der Waals surface area (Å²) in [6.07, 6.45) is -2.48. The van der Waals surface area contributed by atoms with E-state index in [1.54, 1.807) is 0 Å². The van der Waals surface area contributed by atoms with Crippen molar-refractivity contribution in [3.63, 3.8) is 0 Å². The summed E-state index contributed by atoms with van der Waals surface area (Å²) in [5.41, 5.74) is 3.38. The molecule has 1 amide bonds. The van der Waals surface area contributed by atoms with E-state index in [0.29, 0.717) is 25.6 Å². The minimum atomic E-state index is -4.34. The Morgan fingerprint density at radius 3 is 2.42 bits per heavy atom. The van der Waals surface area contributed by atoms with Crippen LogP contribution in [0.25, 0.3) is 11.1 Å². The number of β-amino-alcohol motifs (C(OH)–C–C–N with tert-alkyl or cyclic N) is 1. The molecule has 0 spiro atoms. The van der Waals surface area contributed by atoms with Crippen LogP contribution in [0.1, 0.15) is 41.5 Å². The molecule has 1 N–H and O–H groups in total. The van der Waals surface area contributed by atoms with Gasteiger partial charge in [-0.1, -0.05) is 24.3 Å². The van der Waals surface area contributed by atoms with Crippen LogP contribution in [0.2, 0.25) is 0 Å². The molecule has 2 saturated heterocycles. The predicted molar refractivity (Wildman–Crippen MR) is 110 cm³/mol. The number of amides is 1. The summed E-state index contributed by atoms with van der Waals surface area (Å²) in [6, 6.07) is 11.4. The van der Waals surface area contributed by atoms with Crippen LogP contribution in [-0.2, 0) is 11.0 Å². The Hall–Kier alpha value is -2.38. The Kier molecular flexibility index (Phi) is 5.06. The molecule has 0 aromatic heterocycles. The number of halogens is 3. The minimum absolute atomic E-state index is 0.00903. The highest BCUT2D eigenvalue weighted by Gasteiger charge is 2.44. The Bertz CT molecular complexity index is 983. The Balaban J connectivity index is 1.38. The largest absolute Gasteiger partial charge is 0.416 e. The first-order valence-corrected chi connectivity index (χ1v) is 10.8. The van der Waals surface area contributed by atoms with Gasteiger partial charge in [0.05, 0.1) is 24.1 Å². The van der Waals surface area contributed by atoms with Crippen LogP contribution >= 0.6 is 0 Å². The molecular weight excluding hydrogens is 405 g/mol. The lowest BCUT2D eigenvalue weighted by molar-refractivity contribution is -0.145. The van der Waals surface area contributed by atoms with E-state index in [0.717, 1.165) is 48.2 Å². The van der Waals surface area contributed by atoms with Gasteiger partial charge in [0.25, 0.3) is 0 Å². The zero-order chi connectivity index (χ0) is 21.8. The van der Waals surface area contributed by atoms with Gasteiger partial charge in [0.2, 0.25) is 5.91 Å². The van der Waals surface area contributed by atoms with Gasteiger partial charge in [-0.25, -0.2) is 0 Å². The molecule has 2 unspecified atom stereocenters. The lowest BCUT2D eigenvalue weighted by Gasteiger charge is -2.43. The van der Waals surface area contributed by atoms with E-state index in [4.69, 9.17) is 5.11 Å². The Morgan fingerprint density at radius 2 is 1.74 bits per heavy atom. The van der Waals surface area contributed by atoms with Crippen molar-refractivity contribution in [2.75, 3.05) is 32.8 Å². The number of benzene rings is 2. The summed E-state index contributed by atoms with van der Waals surface area (Å²) in [4.78, 5) is 17.2. The molecule has 1 aliphatic carbocycles. The molecule has 3 aliphatic rings. The van der Waals surface area contributed by atoms with Crippen molar-refractivity contribution in [2.45, 2.75) is 31.0 Å². The van der Waals surface area contributed by atoms with Gasteiger partial charge in [0.1, 0.15) is 0 Å². The van der Waals surface area contributed by atoms with Crippen LogP contribution in [0.5, 0.6) is 0 Å². The fourth-order valence-corrected chi connectivity index (χ4v) is 5.36. The SMILES string of the molecule is O=C(C1CN(CCO)C1)N1CCC2CC1c1cc(-c3ccc(C(F)(F)F)cc3)ccc12. The van der Waals surface area contributed by atoms with Gasteiger partial charge in [0.15, 0.2) is 0 Å². The average molecular weight is 430 g/mol. The van der Waals surface area contributed by atoms with Crippen molar-refractivity contribution in [3.05, 3.63) is 59.2 Å². The van der Waals surface area contributed by atoms with Crippen molar-refractivity contribution in [1.29, 1.82) is 0 Å². The highest BCUT2D eigenvalue weighted by Crippen LogP contribution is 2.50. The summed E-state index contributed by atoms with van der Waals surface area (Å²) >= 11 is 0. The molecule has 4 nitrogen and oxygen atoms in total. The van der Waals surface area contributed by atoms with E-state index < -0.39 is 11.7 Å². The third-order valence-corrected chi connectivity index (χ3v) is 7.04. The van der Waals surface area contributed by atoms with Crippen molar-refractivity contribution in [2.24, 2.45) is 5.92 Å². The Morgan fingerprint density at radius 1 is 1.03 bits per heavy atom. The molecule has 31 heavy (non-hydrogen) atoms. The van der Waals surface area contributed by atoms with E-state index in [9.17, 15) is 18.0 Å². The first-order chi connectivity index (χ1) is 14.8. The highest BCUT2D eigenvalue weighted by molar-refractivity contribution is 5.81. The molecule has 2 heterocycles. The van der Waals surface area contributed by atoms with Crippen LogP contribution < -0.4 is 0 Å². The number of nitrogens with zero attached hydrogens (tertiary/aromatic N) is 2. The lowest BCUT2D eigenvalue weighted by atomic mass is 9.92. The second-order valence-electron chi connectivity index (χ2n) is 8.87. The standard InChI is InChI=1S/C24H25F3N2O2/c25-24(26,27)19-4-1-15(2-5-19)16-3-6-20-17-7-8-29(22(12-17)21(20)11-16)23(31)18-13-28(14-18)9-10-30/h1-6,11,17-18,22,30H,7-10,12-14H2. The van der Waals surface area contributed by atoms with Gasteiger partial charge in [-0.2, -0.15) is 13.2 Å². The van der Waals surface area contributed by atoms with Gasteiger partial charge in [-0.05, 0) is 59.2 Å². The van der Waals surface area contributed by atoms with Gasteiger partial charge in [-0.3, -0.25) is 9.69 Å². The normalized spacial score (nSPS) is 23.5. The maximum absolute atomic E-state index is 13.1. The third-order valence-electron chi connectivity index (χ3n) is 7.04. The molecule has 7 heteroatoms. The summed E-state index contributed by atoms with van der Waals surface area (Å²) in [7, 11) is 0. The average Bonchev–Trinajstić information content (AvgIpc) is 3.01. The van der Waals surface area contributed by atoms with Crippen molar-refractivity contribution < 1.29 is 23.1 Å². The minimum Gasteiger partial charge on any atom is -0.395 e. The fourth-order valence-electron chi connectivity index (χ4n) is 5.36. The van der Waals surface area contributed by atoms with E-state index in [1.807, 2.05) is 11.0 Å². The highest BCUT2D eigenvalue weighted by atomic mass is 19.4. The number of rotatable bonds is 4. The first-order valence-electron chi connectivity index (χ1n) is 10.8. The summed E-state index contributed by atoms with van der Waals surface area (Å²) in [5, 5.41) is 9.05. The van der Waals surface area contributed by atoms with E-state index in [2.05, 4.69) is 17.0 Å². The number of hydrogen-bond donors (Lipinski definition) is 1. The molecular formula is C24H25F3N2O2. The van der Waals surface area contributed by atoms with Gasteiger partial charge in [0, 0.05) is 26.2 Å². The second kappa shape index (κ2) is 7.64.